The maximum Gasteiger partial charge on any atom is -1.00 e. The van der Waals surface area contributed by atoms with Crippen molar-refractivity contribution in [3.05, 3.63) is 131 Å². The monoisotopic (exact) mass is 838 g/mol. The van der Waals surface area contributed by atoms with E-state index in [0.29, 0.717) is 5.92 Å². The Morgan fingerprint density at radius 2 is 1.17 bits per heavy atom. The summed E-state index contributed by atoms with van der Waals surface area (Å²) in [6, 6.07) is 38.9. The number of aryl methyl sites for hydroxylation is 2. The summed E-state index contributed by atoms with van der Waals surface area (Å²) in [5.74, 6) is 0.573. The largest absolute Gasteiger partial charge is 1.00 e. The van der Waals surface area contributed by atoms with Crippen LogP contribution in [0, 0.1) is 6.92 Å². The molecule has 0 aliphatic rings. The third kappa shape index (κ3) is 12.9. The maximum atomic E-state index is 2.42. The summed E-state index contributed by atoms with van der Waals surface area (Å²) in [5.41, 5.74) is 13.0. The zero-order valence-electron chi connectivity index (χ0n) is 34.5. The molecule has 0 radical (unpaired) electrons. The fourth-order valence-electron chi connectivity index (χ4n) is 6.62. The van der Waals surface area contributed by atoms with E-state index >= 15 is 0 Å². The Morgan fingerprint density at radius 1 is 0.660 bits per heavy atom. The van der Waals surface area contributed by atoms with Gasteiger partial charge >= 0.3 is 41.9 Å². The Labute approximate surface area is 350 Å². The first-order valence-electron chi connectivity index (χ1n) is 19.1. The van der Waals surface area contributed by atoms with E-state index in [1.807, 2.05) is 0 Å². The number of hydrogen-bond acceptors (Lipinski definition) is 0. The number of fused-ring (bicyclic) bond motifs is 2. The zero-order chi connectivity index (χ0) is 37.5. The molecular weight excluding hydrogens is 779 g/mol. The molecule has 0 amide bonds. The minimum atomic E-state index is 0. The van der Waals surface area contributed by atoms with Crippen molar-refractivity contribution < 1.29 is 48.1 Å². The van der Waals surface area contributed by atoms with Gasteiger partial charge in [0.25, 0.3) is 0 Å². The molecular formula is C49H62Cl2SiZr-2. The quantitative estimate of drug-likeness (QED) is 0.0856. The molecule has 0 N–H and O–H groups in total. The minimum absolute atomic E-state index is 0. The summed E-state index contributed by atoms with van der Waals surface area (Å²) in [4.78, 5) is 0. The van der Waals surface area contributed by atoms with Crippen LogP contribution in [0.4, 0.5) is 0 Å². The van der Waals surface area contributed by atoms with E-state index in [1.165, 1.54) is 97.3 Å². The molecule has 0 aliphatic heterocycles. The van der Waals surface area contributed by atoms with E-state index < -0.39 is 0 Å². The second-order valence-corrected chi connectivity index (χ2v) is 26.4. The first kappa shape index (κ1) is 46.9. The van der Waals surface area contributed by atoms with Crippen molar-refractivity contribution in [1.29, 1.82) is 0 Å². The van der Waals surface area contributed by atoms with Crippen molar-refractivity contribution in [2.45, 2.75) is 125 Å². The zero-order valence-corrected chi connectivity index (χ0v) is 39.4. The molecule has 53 heavy (non-hydrogen) atoms. The van der Waals surface area contributed by atoms with Gasteiger partial charge in [-0.2, -0.15) is 12.1 Å². The summed E-state index contributed by atoms with van der Waals surface area (Å²) in [5, 5.41) is 5.55. The van der Waals surface area contributed by atoms with E-state index in [2.05, 4.69) is 185 Å². The number of hydrogen-bond donors (Lipinski definition) is 0. The van der Waals surface area contributed by atoms with Gasteiger partial charge in [-0.3, -0.25) is 0 Å². The van der Waals surface area contributed by atoms with Gasteiger partial charge in [0, 0.05) is 0 Å². The van der Waals surface area contributed by atoms with Gasteiger partial charge in [0.15, 0.2) is 0 Å². The molecule has 0 saturated carbocycles. The molecule has 0 atom stereocenters. The molecule has 0 bridgehead atoms. The Morgan fingerprint density at radius 3 is 1.64 bits per heavy atom. The molecule has 0 unspecified atom stereocenters. The van der Waals surface area contributed by atoms with Gasteiger partial charge in [0.1, 0.15) is 0 Å². The normalized spacial score (nSPS) is 11.3. The van der Waals surface area contributed by atoms with E-state index in [-0.39, 0.29) is 41.1 Å². The summed E-state index contributed by atoms with van der Waals surface area (Å²) < 4.78 is 0. The van der Waals surface area contributed by atoms with Crippen molar-refractivity contribution in [2.75, 3.05) is 0 Å². The minimum Gasteiger partial charge on any atom is -1.00 e. The molecule has 282 valence electrons. The molecule has 0 aliphatic carbocycles. The van der Waals surface area contributed by atoms with Gasteiger partial charge in [-0.05, 0) is 45.4 Å². The van der Waals surface area contributed by atoms with Crippen LogP contribution in [0.25, 0.3) is 43.8 Å². The molecule has 0 fully saturated rings. The van der Waals surface area contributed by atoms with Crippen LogP contribution >= 0.6 is 0 Å². The van der Waals surface area contributed by atoms with Crippen molar-refractivity contribution in [1.82, 2.24) is 0 Å². The van der Waals surface area contributed by atoms with Gasteiger partial charge in [-0.1, -0.05) is 160 Å². The standard InChI is InChI=1S/C25H31.C22H25.C2H6Si.2ClH.Zr/c1-6-7-8-9-19-16-23-18(2)10-15-22(24(23)17-19)20-11-13-21(14-12-20)25(3,4)5;1-15(2)18-13-17-7-6-8-20(21(17)14-18)16-9-11-19(12-10-16)22(3,4)5;1-3-2;;;/h10-17H,6-9H2,1-5H3;6-15H,1-5H3;1-2H3;2*1H;/q2*-1;;;;+2/p-2. The van der Waals surface area contributed by atoms with Crippen molar-refractivity contribution in [3.63, 3.8) is 0 Å². The fourth-order valence-corrected chi connectivity index (χ4v) is 6.62. The van der Waals surface area contributed by atoms with E-state index in [1.54, 1.807) is 23.3 Å². The first-order chi connectivity index (χ1) is 24.0. The predicted molar refractivity (Wildman–Crippen MR) is 227 cm³/mol. The number of halogens is 2. The molecule has 4 heteroatoms. The molecule has 6 aromatic carbocycles. The average Bonchev–Trinajstić information content (AvgIpc) is 3.70. The van der Waals surface area contributed by atoms with Gasteiger partial charge in [0.2, 0.25) is 0 Å². The van der Waals surface area contributed by atoms with Crippen LogP contribution in [0.15, 0.2) is 103 Å². The van der Waals surface area contributed by atoms with E-state index in [0.717, 1.165) is 0 Å². The molecule has 0 spiro atoms. The second-order valence-electron chi connectivity index (χ2n) is 17.0. The SMILES string of the molecule is CC(C)c1cc2c(-c3ccc(C(C)(C)C)cc3)cccc2[cH-]1.CCCCCc1cc2c(-c3ccc(C(C)(C)C)cc3)ccc(C)c2[cH-]1.C[Si](C)=[Zr+2].[Cl-].[Cl-]. The summed E-state index contributed by atoms with van der Waals surface area (Å²) in [6.07, 6.45) is 5.10. The van der Waals surface area contributed by atoms with Crippen LogP contribution in [-0.2, 0) is 40.6 Å². The summed E-state index contributed by atoms with van der Waals surface area (Å²) in [7, 11) is 0. The Bertz CT molecular complexity index is 2020. The van der Waals surface area contributed by atoms with Gasteiger partial charge in [-0.25, -0.2) is 0 Å². The van der Waals surface area contributed by atoms with Crippen LogP contribution in [0.1, 0.15) is 115 Å². The number of rotatable bonds is 7. The fraction of sp³-hybridized carbons (Fsp3) is 0.388. The smallest absolute Gasteiger partial charge is 1.00 e. The van der Waals surface area contributed by atoms with Crippen molar-refractivity contribution in [2.24, 2.45) is 0 Å². The van der Waals surface area contributed by atoms with Crippen LogP contribution in [0.5, 0.6) is 0 Å². The first-order valence-corrected chi connectivity index (χ1v) is 25.3. The van der Waals surface area contributed by atoms with E-state index in [9.17, 15) is 0 Å². The van der Waals surface area contributed by atoms with Crippen molar-refractivity contribution >= 4 is 27.0 Å². The molecule has 6 aromatic rings. The van der Waals surface area contributed by atoms with Crippen LogP contribution in [0.2, 0.25) is 13.1 Å². The van der Waals surface area contributed by atoms with Gasteiger partial charge in [-0.15, -0.1) is 68.6 Å². The van der Waals surface area contributed by atoms with E-state index in [4.69, 9.17) is 0 Å². The molecule has 0 aromatic heterocycles. The third-order valence-corrected chi connectivity index (χ3v) is 9.80. The van der Waals surface area contributed by atoms with Crippen LogP contribution in [0.3, 0.4) is 0 Å². The molecule has 0 saturated heterocycles. The Kier molecular flexibility index (Phi) is 18.3. The Balaban J connectivity index is 0.000000324. The number of benzene rings is 4. The third-order valence-electron chi connectivity index (χ3n) is 9.80. The second kappa shape index (κ2) is 20.6. The molecule has 0 nitrogen and oxygen atoms in total. The topological polar surface area (TPSA) is 0 Å². The molecule has 6 rings (SSSR count). The maximum absolute atomic E-state index is 2.42. The van der Waals surface area contributed by atoms with Crippen LogP contribution in [-0.4, -0.2) is 5.43 Å². The number of unbranched alkanes of at least 4 members (excludes halogenated alkanes) is 2. The average molecular weight is 841 g/mol. The van der Waals surface area contributed by atoms with Gasteiger partial charge in [0.05, 0.1) is 0 Å². The van der Waals surface area contributed by atoms with Crippen molar-refractivity contribution in [3.8, 4) is 22.3 Å². The summed E-state index contributed by atoms with van der Waals surface area (Å²) in [6.45, 7) is 27.2. The summed E-state index contributed by atoms with van der Waals surface area (Å²) >= 11 is 1.74. The predicted octanol–water partition coefficient (Wildman–Crippen LogP) is 9.00. The molecule has 0 heterocycles. The van der Waals surface area contributed by atoms with Crippen LogP contribution < -0.4 is 24.8 Å². The Hall–Kier alpha value is -2.22. The van der Waals surface area contributed by atoms with Gasteiger partial charge < -0.3 is 24.8 Å².